The zero-order valence-electron chi connectivity index (χ0n) is 13.3. The minimum Gasteiger partial charge on any atom is -0.396 e. The van der Waals surface area contributed by atoms with Gasteiger partial charge in [0.05, 0.1) is 0 Å². The molecule has 0 saturated carbocycles. The van der Waals surface area contributed by atoms with E-state index in [1.165, 1.54) is 22.3 Å². The van der Waals surface area contributed by atoms with Crippen LogP contribution in [0.4, 0.5) is 0 Å². The van der Waals surface area contributed by atoms with Crippen molar-refractivity contribution in [2.24, 2.45) is 5.41 Å². The lowest BCUT2D eigenvalue weighted by molar-refractivity contribution is 0.196. The second kappa shape index (κ2) is 6.53. The van der Waals surface area contributed by atoms with Crippen LogP contribution >= 0.6 is 0 Å². The van der Waals surface area contributed by atoms with Gasteiger partial charge in [-0.05, 0) is 54.9 Å². The first-order valence-electron chi connectivity index (χ1n) is 7.16. The summed E-state index contributed by atoms with van der Waals surface area (Å²) in [7, 11) is 0. The summed E-state index contributed by atoms with van der Waals surface area (Å²) < 4.78 is 0. The summed E-state index contributed by atoms with van der Waals surface area (Å²) in [6.45, 7) is 14.2. The molecule has 0 spiro atoms. The number of hydrogen-bond acceptors (Lipinski definition) is 2. The van der Waals surface area contributed by atoms with E-state index in [0.29, 0.717) is 6.04 Å². The molecule has 0 aliphatic carbocycles. The fraction of sp³-hybridized carbons (Fsp3) is 0.647. The molecule has 1 aromatic rings. The van der Waals surface area contributed by atoms with Crippen molar-refractivity contribution in [1.29, 1.82) is 0 Å². The van der Waals surface area contributed by atoms with Gasteiger partial charge in [-0.15, -0.1) is 0 Å². The van der Waals surface area contributed by atoms with Gasteiger partial charge < -0.3 is 10.4 Å². The summed E-state index contributed by atoms with van der Waals surface area (Å²) in [5.74, 6) is 0. The molecule has 19 heavy (non-hydrogen) atoms. The lowest BCUT2D eigenvalue weighted by Gasteiger charge is -2.31. The summed E-state index contributed by atoms with van der Waals surface area (Å²) in [5, 5.41) is 12.8. The maximum absolute atomic E-state index is 9.19. The van der Waals surface area contributed by atoms with Gasteiger partial charge in [0.25, 0.3) is 0 Å². The van der Waals surface area contributed by atoms with Crippen LogP contribution in [0.15, 0.2) is 12.1 Å². The van der Waals surface area contributed by atoms with Crippen LogP contribution in [0.25, 0.3) is 0 Å². The van der Waals surface area contributed by atoms with E-state index in [2.05, 4.69) is 59.0 Å². The largest absolute Gasteiger partial charge is 0.396 e. The summed E-state index contributed by atoms with van der Waals surface area (Å²) in [5.41, 5.74) is 5.56. The number of aliphatic hydroxyl groups is 1. The molecule has 1 unspecified atom stereocenters. The lowest BCUT2D eigenvalue weighted by Crippen LogP contribution is -2.40. The first-order chi connectivity index (χ1) is 8.75. The first-order valence-corrected chi connectivity index (χ1v) is 7.16. The molecule has 0 aliphatic heterocycles. The van der Waals surface area contributed by atoms with E-state index in [1.807, 2.05) is 0 Å². The molecule has 0 aromatic heterocycles. The van der Waals surface area contributed by atoms with Crippen LogP contribution in [-0.2, 0) is 6.54 Å². The predicted molar refractivity (Wildman–Crippen MR) is 82.4 cm³/mol. The molecule has 0 aliphatic rings. The predicted octanol–water partition coefficient (Wildman–Crippen LogP) is 3.50. The number of benzene rings is 1. The fourth-order valence-corrected chi connectivity index (χ4v) is 2.41. The molecule has 1 rings (SSSR count). The Morgan fingerprint density at radius 1 is 1.05 bits per heavy atom. The highest BCUT2D eigenvalue weighted by Crippen LogP contribution is 2.23. The number of aliphatic hydroxyl groups excluding tert-OH is 1. The Kier molecular flexibility index (Phi) is 5.57. The minimum absolute atomic E-state index is 0.163. The molecule has 0 saturated heterocycles. The SMILES string of the molecule is Cc1cc(C)c(CNC(CCO)C(C)(C)C)cc1C. The molecule has 2 N–H and O–H groups in total. The third-order valence-electron chi connectivity index (χ3n) is 3.95. The quantitative estimate of drug-likeness (QED) is 0.852. The van der Waals surface area contributed by atoms with Crippen LogP contribution in [0.3, 0.4) is 0 Å². The van der Waals surface area contributed by atoms with Crippen LogP contribution in [0.2, 0.25) is 0 Å². The van der Waals surface area contributed by atoms with Gasteiger partial charge in [-0.1, -0.05) is 32.9 Å². The van der Waals surface area contributed by atoms with Gasteiger partial charge in [0.15, 0.2) is 0 Å². The van der Waals surface area contributed by atoms with E-state index in [4.69, 9.17) is 0 Å². The second-order valence-corrected chi connectivity index (χ2v) is 6.67. The molecule has 0 radical (unpaired) electrons. The van der Waals surface area contributed by atoms with Crippen molar-refractivity contribution in [3.8, 4) is 0 Å². The maximum atomic E-state index is 9.19. The standard InChI is InChI=1S/C17H29NO/c1-12-9-14(3)15(10-13(12)2)11-18-16(7-8-19)17(4,5)6/h9-10,16,18-19H,7-8,11H2,1-6H3. The summed E-state index contributed by atoms with van der Waals surface area (Å²) in [6, 6.07) is 4.86. The monoisotopic (exact) mass is 263 g/mol. The maximum Gasteiger partial charge on any atom is 0.0446 e. The smallest absolute Gasteiger partial charge is 0.0446 e. The second-order valence-electron chi connectivity index (χ2n) is 6.67. The third-order valence-corrected chi connectivity index (χ3v) is 3.95. The number of rotatable bonds is 5. The number of nitrogens with one attached hydrogen (secondary N) is 1. The van der Waals surface area contributed by atoms with E-state index < -0.39 is 0 Å². The molecule has 0 fully saturated rings. The Morgan fingerprint density at radius 2 is 1.63 bits per heavy atom. The molecule has 0 amide bonds. The molecule has 1 atom stereocenters. The molecule has 2 nitrogen and oxygen atoms in total. The molecule has 0 bridgehead atoms. The molecule has 108 valence electrons. The van der Waals surface area contributed by atoms with Crippen molar-refractivity contribution < 1.29 is 5.11 Å². The minimum atomic E-state index is 0.163. The van der Waals surface area contributed by atoms with Gasteiger partial charge in [-0.25, -0.2) is 0 Å². The molecular weight excluding hydrogens is 234 g/mol. The highest BCUT2D eigenvalue weighted by atomic mass is 16.3. The molecular formula is C17H29NO. The lowest BCUT2D eigenvalue weighted by atomic mass is 9.84. The number of hydrogen-bond donors (Lipinski definition) is 2. The highest BCUT2D eigenvalue weighted by molar-refractivity contribution is 5.36. The van der Waals surface area contributed by atoms with Crippen LogP contribution in [0.1, 0.15) is 49.4 Å². The Labute approximate surface area is 118 Å². The summed E-state index contributed by atoms with van der Waals surface area (Å²) in [6.07, 6.45) is 0.799. The Bertz CT molecular complexity index is 418. The summed E-state index contributed by atoms with van der Waals surface area (Å²) >= 11 is 0. The van der Waals surface area contributed by atoms with Crippen molar-refractivity contribution in [3.63, 3.8) is 0 Å². The Hall–Kier alpha value is -0.860. The Balaban J connectivity index is 2.77. The average Bonchev–Trinajstić information content (AvgIpc) is 2.29. The molecule has 1 aromatic carbocycles. The van der Waals surface area contributed by atoms with E-state index in [9.17, 15) is 5.11 Å². The van der Waals surface area contributed by atoms with E-state index in [0.717, 1.165) is 13.0 Å². The molecule has 2 heteroatoms. The van der Waals surface area contributed by atoms with Gasteiger partial charge in [0, 0.05) is 19.2 Å². The van der Waals surface area contributed by atoms with Crippen molar-refractivity contribution >= 4 is 0 Å². The van der Waals surface area contributed by atoms with E-state index in [1.54, 1.807) is 0 Å². The van der Waals surface area contributed by atoms with Crippen LogP contribution in [0.5, 0.6) is 0 Å². The molecule has 0 heterocycles. The van der Waals surface area contributed by atoms with Gasteiger partial charge >= 0.3 is 0 Å². The zero-order chi connectivity index (χ0) is 14.6. The van der Waals surface area contributed by atoms with Gasteiger partial charge in [-0.2, -0.15) is 0 Å². The van der Waals surface area contributed by atoms with Gasteiger partial charge in [0.1, 0.15) is 0 Å². The van der Waals surface area contributed by atoms with Crippen LogP contribution < -0.4 is 5.32 Å². The van der Waals surface area contributed by atoms with E-state index >= 15 is 0 Å². The number of aryl methyl sites for hydroxylation is 3. The van der Waals surface area contributed by atoms with Gasteiger partial charge in [0.2, 0.25) is 0 Å². The highest BCUT2D eigenvalue weighted by Gasteiger charge is 2.23. The van der Waals surface area contributed by atoms with Gasteiger partial charge in [-0.3, -0.25) is 0 Å². The van der Waals surface area contributed by atoms with Crippen LogP contribution in [0, 0.1) is 26.2 Å². The summed E-state index contributed by atoms with van der Waals surface area (Å²) in [4.78, 5) is 0. The third kappa shape index (κ3) is 4.63. The van der Waals surface area contributed by atoms with Crippen molar-refractivity contribution in [2.45, 2.75) is 60.5 Å². The fourth-order valence-electron chi connectivity index (χ4n) is 2.41. The normalized spacial score (nSPS) is 13.6. The zero-order valence-corrected chi connectivity index (χ0v) is 13.3. The van der Waals surface area contributed by atoms with Crippen molar-refractivity contribution in [3.05, 3.63) is 34.4 Å². The Morgan fingerprint density at radius 3 is 2.16 bits per heavy atom. The first kappa shape index (κ1) is 16.2. The average molecular weight is 263 g/mol. The van der Waals surface area contributed by atoms with Crippen LogP contribution in [-0.4, -0.2) is 17.8 Å². The van der Waals surface area contributed by atoms with E-state index in [-0.39, 0.29) is 12.0 Å². The van der Waals surface area contributed by atoms with Crippen molar-refractivity contribution in [1.82, 2.24) is 5.32 Å². The topological polar surface area (TPSA) is 32.3 Å². The van der Waals surface area contributed by atoms with Crippen molar-refractivity contribution in [2.75, 3.05) is 6.61 Å².